The van der Waals surface area contributed by atoms with E-state index in [1.54, 1.807) is 24.6 Å². The Morgan fingerprint density at radius 2 is 2.04 bits per heavy atom. The molecule has 2 unspecified atom stereocenters. The summed E-state index contributed by atoms with van der Waals surface area (Å²) in [5, 5.41) is 17.0. The monoisotopic (exact) mass is 323 g/mol. The lowest BCUT2D eigenvalue weighted by Crippen LogP contribution is -2.38. The smallest absolute Gasteiger partial charge is 0.269 e. The highest BCUT2D eigenvalue weighted by molar-refractivity contribution is 5.92. The van der Waals surface area contributed by atoms with Gasteiger partial charge in [0.15, 0.2) is 11.6 Å². The van der Waals surface area contributed by atoms with E-state index in [0.717, 1.165) is 12.1 Å². The molecule has 124 valence electrons. The number of carbonyl (C=O) groups excluding carboxylic acids is 1. The van der Waals surface area contributed by atoms with Crippen molar-refractivity contribution in [1.82, 2.24) is 15.1 Å². The fourth-order valence-electron chi connectivity index (χ4n) is 2.31. The van der Waals surface area contributed by atoms with Gasteiger partial charge in [-0.1, -0.05) is 6.07 Å². The number of halogens is 2. The van der Waals surface area contributed by atoms with Gasteiger partial charge >= 0.3 is 0 Å². The number of nitrogens with one attached hydrogen (secondary N) is 1. The van der Waals surface area contributed by atoms with Crippen molar-refractivity contribution < 1.29 is 18.7 Å². The summed E-state index contributed by atoms with van der Waals surface area (Å²) in [5.74, 6) is -2.42. The molecule has 0 saturated carbocycles. The van der Waals surface area contributed by atoms with E-state index in [9.17, 15) is 18.7 Å². The number of amides is 1. The maximum Gasteiger partial charge on any atom is 0.269 e. The average Bonchev–Trinajstić information content (AvgIpc) is 2.90. The Kier molecular flexibility index (Phi) is 5.10. The van der Waals surface area contributed by atoms with Crippen molar-refractivity contribution in [3.63, 3.8) is 0 Å². The van der Waals surface area contributed by atoms with Crippen molar-refractivity contribution in [3.8, 4) is 0 Å². The van der Waals surface area contributed by atoms with Crippen molar-refractivity contribution in [3.05, 3.63) is 52.9 Å². The molecule has 2 aromatic rings. The molecule has 2 rings (SSSR count). The zero-order chi connectivity index (χ0) is 17.1. The molecule has 7 heteroatoms. The van der Waals surface area contributed by atoms with Crippen molar-refractivity contribution in [2.45, 2.75) is 39.5 Å². The van der Waals surface area contributed by atoms with E-state index < -0.39 is 23.8 Å². The Balaban J connectivity index is 2.12. The second-order valence-electron chi connectivity index (χ2n) is 5.37. The first kappa shape index (κ1) is 17.1. The van der Waals surface area contributed by atoms with Crippen molar-refractivity contribution in [1.29, 1.82) is 0 Å². The molecule has 0 spiro atoms. The van der Waals surface area contributed by atoms with Crippen LogP contribution in [0.4, 0.5) is 8.78 Å². The van der Waals surface area contributed by atoms with Crippen LogP contribution in [0.1, 0.15) is 41.7 Å². The molecule has 1 amide bonds. The Hall–Kier alpha value is -2.28. The third-order valence-corrected chi connectivity index (χ3v) is 3.55. The largest absolute Gasteiger partial charge is 0.386 e. The highest BCUT2D eigenvalue weighted by Crippen LogP contribution is 2.19. The average molecular weight is 323 g/mol. The standard InChI is InChI=1S/C16H19F2N3O2/c1-4-21-14(7-9(2)20-21)16(23)19-10(3)15(22)11-5-6-12(17)13(18)8-11/h5-8,10,15,22H,4H2,1-3H3,(H,19,23). The van der Waals surface area contributed by atoms with Crippen molar-refractivity contribution >= 4 is 5.91 Å². The minimum Gasteiger partial charge on any atom is -0.386 e. The number of aryl methyl sites for hydroxylation is 2. The molecule has 0 aliphatic rings. The molecular formula is C16H19F2N3O2. The van der Waals surface area contributed by atoms with Crippen LogP contribution in [0.3, 0.4) is 0 Å². The third kappa shape index (κ3) is 3.73. The maximum atomic E-state index is 13.2. The van der Waals surface area contributed by atoms with Gasteiger partial charge in [-0.15, -0.1) is 0 Å². The molecule has 2 atom stereocenters. The van der Waals surface area contributed by atoms with E-state index in [1.165, 1.54) is 6.07 Å². The zero-order valence-corrected chi connectivity index (χ0v) is 13.2. The predicted octanol–water partition coefficient (Wildman–Crippen LogP) is 2.34. The van der Waals surface area contributed by atoms with Crippen LogP contribution in [-0.2, 0) is 6.54 Å². The lowest BCUT2D eigenvalue weighted by molar-refractivity contribution is 0.0841. The van der Waals surface area contributed by atoms with E-state index in [0.29, 0.717) is 17.9 Å². The Morgan fingerprint density at radius 1 is 1.35 bits per heavy atom. The minimum atomic E-state index is -1.16. The van der Waals surface area contributed by atoms with E-state index in [4.69, 9.17) is 0 Å². The molecule has 0 aliphatic heterocycles. The van der Waals surface area contributed by atoms with Crippen LogP contribution in [0, 0.1) is 18.6 Å². The van der Waals surface area contributed by atoms with Gasteiger partial charge in [-0.25, -0.2) is 8.78 Å². The topological polar surface area (TPSA) is 67.2 Å². The summed E-state index contributed by atoms with van der Waals surface area (Å²) in [6, 6.07) is 4.11. The molecule has 1 aromatic heterocycles. The van der Waals surface area contributed by atoms with Gasteiger partial charge in [0, 0.05) is 6.54 Å². The third-order valence-electron chi connectivity index (χ3n) is 3.55. The van der Waals surface area contributed by atoms with Crippen LogP contribution < -0.4 is 5.32 Å². The molecule has 0 bridgehead atoms. The molecule has 0 saturated heterocycles. The summed E-state index contributed by atoms with van der Waals surface area (Å²) in [6.45, 7) is 5.77. The number of nitrogens with zero attached hydrogens (tertiary/aromatic N) is 2. The number of benzene rings is 1. The minimum absolute atomic E-state index is 0.192. The molecule has 2 N–H and O–H groups in total. The van der Waals surface area contributed by atoms with Gasteiger partial charge in [-0.2, -0.15) is 5.10 Å². The van der Waals surface area contributed by atoms with Crippen LogP contribution in [-0.4, -0.2) is 26.8 Å². The van der Waals surface area contributed by atoms with E-state index in [-0.39, 0.29) is 11.5 Å². The first-order chi connectivity index (χ1) is 10.8. The molecule has 1 aromatic carbocycles. The molecule has 0 radical (unpaired) electrons. The molecule has 0 fully saturated rings. The SMILES string of the molecule is CCn1nc(C)cc1C(=O)NC(C)C(O)c1ccc(F)c(F)c1. The molecular weight excluding hydrogens is 304 g/mol. The highest BCUT2D eigenvalue weighted by atomic mass is 19.2. The predicted molar refractivity (Wildman–Crippen MR) is 80.9 cm³/mol. The second kappa shape index (κ2) is 6.87. The van der Waals surface area contributed by atoms with Crippen LogP contribution in [0.5, 0.6) is 0 Å². The number of hydrogen-bond donors (Lipinski definition) is 2. The Morgan fingerprint density at radius 3 is 2.65 bits per heavy atom. The van der Waals surface area contributed by atoms with E-state index in [2.05, 4.69) is 10.4 Å². The van der Waals surface area contributed by atoms with Gasteiger partial charge in [0.2, 0.25) is 0 Å². The van der Waals surface area contributed by atoms with Gasteiger partial charge < -0.3 is 10.4 Å². The maximum absolute atomic E-state index is 13.2. The second-order valence-corrected chi connectivity index (χ2v) is 5.37. The van der Waals surface area contributed by atoms with Crippen molar-refractivity contribution in [2.24, 2.45) is 0 Å². The van der Waals surface area contributed by atoms with Gasteiger partial charge in [-0.05, 0) is 44.5 Å². The summed E-state index contributed by atoms with van der Waals surface area (Å²) in [4.78, 5) is 12.3. The van der Waals surface area contributed by atoms with Crippen LogP contribution in [0.15, 0.2) is 24.3 Å². The molecule has 23 heavy (non-hydrogen) atoms. The van der Waals surface area contributed by atoms with E-state index in [1.807, 2.05) is 6.92 Å². The fraction of sp³-hybridized carbons (Fsp3) is 0.375. The normalized spacial score (nSPS) is 13.7. The van der Waals surface area contributed by atoms with E-state index >= 15 is 0 Å². The van der Waals surface area contributed by atoms with Gasteiger partial charge in [0.25, 0.3) is 5.91 Å². The number of aliphatic hydroxyl groups excluding tert-OH is 1. The first-order valence-corrected chi connectivity index (χ1v) is 7.31. The van der Waals surface area contributed by atoms with Crippen LogP contribution >= 0.6 is 0 Å². The summed E-state index contributed by atoms with van der Waals surface area (Å²) in [7, 11) is 0. The van der Waals surface area contributed by atoms with Gasteiger partial charge in [-0.3, -0.25) is 9.48 Å². The fourth-order valence-corrected chi connectivity index (χ4v) is 2.31. The number of aromatic nitrogens is 2. The highest BCUT2D eigenvalue weighted by Gasteiger charge is 2.22. The number of rotatable bonds is 5. The molecule has 5 nitrogen and oxygen atoms in total. The van der Waals surface area contributed by atoms with Crippen LogP contribution in [0.2, 0.25) is 0 Å². The lowest BCUT2D eigenvalue weighted by Gasteiger charge is -2.21. The number of aliphatic hydroxyl groups is 1. The summed E-state index contributed by atoms with van der Waals surface area (Å²) in [6.07, 6.45) is -1.16. The summed E-state index contributed by atoms with van der Waals surface area (Å²) < 4.78 is 27.7. The zero-order valence-electron chi connectivity index (χ0n) is 13.2. The van der Waals surface area contributed by atoms with Crippen molar-refractivity contribution in [2.75, 3.05) is 0 Å². The van der Waals surface area contributed by atoms with Gasteiger partial charge in [0.05, 0.1) is 17.8 Å². The number of hydrogen-bond acceptors (Lipinski definition) is 3. The number of carbonyl (C=O) groups is 1. The first-order valence-electron chi connectivity index (χ1n) is 7.31. The van der Waals surface area contributed by atoms with Crippen LogP contribution in [0.25, 0.3) is 0 Å². The molecule has 1 heterocycles. The summed E-state index contributed by atoms with van der Waals surface area (Å²) in [5.41, 5.74) is 1.29. The Bertz CT molecular complexity index is 715. The lowest BCUT2D eigenvalue weighted by atomic mass is 10.0. The quantitative estimate of drug-likeness (QED) is 0.887. The summed E-state index contributed by atoms with van der Waals surface area (Å²) >= 11 is 0. The molecule has 0 aliphatic carbocycles. The Labute approximate surface area is 132 Å². The van der Waals surface area contributed by atoms with Gasteiger partial charge in [0.1, 0.15) is 5.69 Å².